The summed E-state index contributed by atoms with van der Waals surface area (Å²) in [4.78, 5) is 25.0. The highest BCUT2D eigenvalue weighted by atomic mass is 31.2. The largest absolute Gasteiger partial charge is 0.474 e. The molecular formula is C20H22FN5O6P+. The van der Waals surface area contributed by atoms with Gasteiger partial charge in [-0.1, -0.05) is 11.2 Å². The third-order valence-electron chi connectivity index (χ3n) is 4.10. The number of phosphoric acid groups is 1. The number of rotatable bonds is 11. The van der Waals surface area contributed by atoms with Crippen LogP contribution in [0.1, 0.15) is 17.0 Å². The Balaban J connectivity index is 1.60. The van der Waals surface area contributed by atoms with Crippen LogP contribution >= 0.6 is 7.82 Å². The molecule has 3 aromatic rings. The molecule has 0 aliphatic heterocycles. The Morgan fingerprint density at radius 2 is 2.06 bits per heavy atom. The lowest BCUT2D eigenvalue weighted by Crippen LogP contribution is -2.78. The molecule has 0 spiro atoms. The van der Waals surface area contributed by atoms with Crippen LogP contribution in [0.25, 0.3) is 5.57 Å². The molecule has 2 heterocycles. The van der Waals surface area contributed by atoms with Crippen molar-refractivity contribution in [1.82, 2.24) is 15.1 Å². The van der Waals surface area contributed by atoms with E-state index in [-0.39, 0.29) is 25.0 Å². The quantitative estimate of drug-likeness (QED) is 0.137. The first-order valence-electron chi connectivity index (χ1n) is 9.62. The summed E-state index contributed by atoms with van der Waals surface area (Å²) in [6.45, 7) is -0.0715. The van der Waals surface area contributed by atoms with Crippen LogP contribution in [-0.4, -0.2) is 38.2 Å². The molecule has 6 N–H and O–H groups in total. The maximum Gasteiger partial charge on any atom is 0.474 e. The summed E-state index contributed by atoms with van der Waals surface area (Å²) in [5, 5.41) is 5.43. The van der Waals surface area contributed by atoms with Gasteiger partial charge in [0.25, 0.3) is 0 Å². The smallest absolute Gasteiger partial charge is 0.421 e. The fraction of sp³-hybridized carbons (Fsp3) is 0.150. The minimum Gasteiger partial charge on any atom is -0.421 e. The highest BCUT2D eigenvalue weighted by molar-refractivity contribution is 7.46. The number of ether oxygens (including phenoxy) is 1. The van der Waals surface area contributed by atoms with Gasteiger partial charge < -0.3 is 24.8 Å². The van der Waals surface area contributed by atoms with Gasteiger partial charge in [-0.05, 0) is 35.9 Å². The average Bonchev–Trinajstić information content (AvgIpc) is 3.23. The predicted molar refractivity (Wildman–Crippen MR) is 114 cm³/mol. The number of hydrogen-bond acceptors (Lipinski definition) is 8. The van der Waals surface area contributed by atoms with Gasteiger partial charge in [0, 0.05) is 37.0 Å². The van der Waals surface area contributed by atoms with E-state index in [1.165, 1.54) is 29.8 Å². The third-order valence-corrected chi connectivity index (χ3v) is 4.59. The second-order valence-corrected chi connectivity index (χ2v) is 7.80. The maximum atomic E-state index is 14.4. The number of allylic oxidation sites excluding steroid dienone is 2. The first-order chi connectivity index (χ1) is 15.8. The lowest BCUT2D eigenvalue weighted by atomic mass is 10.1. The predicted octanol–water partition coefficient (Wildman–Crippen LogP) is 1.47. The molecule has 33 heavy (non-hydrogen) atoms. The van der Waals surface area contributed by atoms with Gasteiger partial charge in [-0.2, -0.15) is 0 Å². The summed E-state index contributed by atoms with van der Waals surface area (Å²) in [7, 11) is -4.50. The van der Waals surface area contributed by atoms with Crippen molar-refractivity contribution in [2.45, 2.75) is 6.42 Å². The number of halogens is 1. The van der Waals surface area contributed by atoms with Crippen LogP contribution in [-0.2, 0) is 15.5 Å². The van der Waals surface area contributed by atoms with Crippen molar-refractivity contribution in [3.05, 3.63) is 83.9 Å². The van der Waals surface area contributed by atoms with Crippen molar-refractivity contribution in [2.24, 2.45) is 5.73 Å². The van der Waals surface area contributed by atoms with Crippen LogP contribution in [0.4, 0.5) is 4.39 Å². The molecule has 0 radical (unpaired) electrons. The van der Waals surface area contributed by atoms with Crippen LogP contribution < -0.4 is 15.8 Å². The second kappa shape index (κ2) is 11.6. The van der Waals surface area contributed by atoms with Gasteiger partial charge in [-0.25, -0.2) is 23.4 Å². The zero-order valence-electron chi connectivity index (χ0n) is 17.2. The monoisotopic (exact) mass is 478 g/mol. The number of phosphoric ester groups is 1. The van der Waals surface area contributed by atoms with E-state index in [0.717, 1.165) is 0 Å². The highest BCUT2D eigenvalue weighted by Crippen LogP contribution is 2.34. The summed E-state index contributed by atoms with van der Waals surface area (Å²) in [6.07, 6.45) is 8.17. The van der Waals surface area contributed by atoms with Crippen LogP contribution in [0.3, 0.4) is 0 Å². The zero-order valence-corrected chi connectivity index (χ0v) is 18.1. The molecule has 3 rings (SSSR count). The number of nitrogens with zero attached hydrogens (tertiary/aromatic N) is 3. The van der Waals surface area contributed by atoms with Gasteiger partial charge in [0.15, 0.2) is 24.1 Å². The Morgan fingerprint density at radius 1 is 1.27 bits per heavy atom. The van der Waals surface area contributed by atoms with E-state index >= 15 is 0 Å². The summed E-state index contributed by atoms with van der Waals surface area (Å²) in [6, 6.07) is 7.91. The summed E-state index contributed by atoms with van der Waals surface area (Å²) < 4.78 is 40.0. The van der Waals surface area contributed by atoms with Crippen molar-refractivity contribution in [3.63, 3.8) is 0 Å². The lowest BCUT2D eigenvalue weighted by Gasteiger charge is -2.06. The molecule has 0 aliphatic carbocycles. The number of hydrogen-bond donors (Lipinski definition) is 4. The number of aromatic nitrogens is 3. The van der Waals surface area contributed by atoms with Crippen molar-refractivity contribution in [3.8, 4) is 11.8 Å². The molecule has 0 atom stereocenters. The Kier molecular flexibility index (Phi) is 8.55. The Bertz CT molecular complexity index is 1160. The third kappa shape index (κ3) is 7.99. The summed E-state index contributed by atoms with van der Waals surface area (Å²) in [5.74, 6) is -0.102. The zero-order chi connectivity index (χ0) is 23.7. The van der Waals surface area contributed by atoms with Crippen molar-refractivity contribution < 1.29 is 37.8 Å². The SMILES string of the molecule is NC/C(=C\C=C/[NH2+]COP(=O)(O)O)c1cc(Cc2ccc(Oc3ncccn3)c(F)c2)no1. The van der Waals surface area contributed by atoms with E-state index in [2.05, 4.69) is 19.6 Å². The molecule has 0 fully saturated rings. The molecule has 0 bridgehead atoms. The Hall–Kier alpha value is -3.25. The number of benzene rings is 1. The second-order valence-electron chi connectivity index (χ2n) is 6.56. The van der Waals surface area contributed by atoms with Gasteiger partial charge in [0.1, 0.15) is 0 Å². The van der Waals surface area contributed by atoms with Crippen molar-refractivity contribution in [2.75, 3.05) is 13.3 Å². The normalized spacial score (nSPS) is 12.4. The van der Waals surface area contributed by atoms with E-state index in [1.54, 1.807) is 36.6 Å². The van der Waals surface area contributed by atoms with Crippen molar-refractivity contribution in [1.29, 1.82) is 0 Å². The molecule has 2 aromatic heterocycles. The lowest BCUT2D eigenvalue weighted by molar-refractivity contribution is -0.617. The van der Waals surface area contributed by atoms with E-state index in [0.29, 0.717) is 29.0 Å². The molecule has 0 saturated carbocycles. The standard InChI is InChI=1S/C20H21FN5O6P/c21-17-10-14(4-5-18(17)31-20-24-7-2-8-25-20)9-16-11-19(32-26-16)15(12-22)3-1-6-23-13-30-33(27,28)29/h1-8,10-11,23H,9,12-13,22H2,(H2,27,28,29)/p+1/b6-1-,15-3+. The first-order valence-corrected chi connectivity index (χ1v) is 11.2. The first kappa shape index (κ1) is 24.4. The van der Waals surface area contributed by atoms with Crippen LogP contribution in [0.15, 0.2) is 65.6 Å². The van der Waals surface area contributed by atoms with Gasteiger partial charge in [-0.3, -0.25) is 5.32 Å². The maximum absolute atomic E-state index is 14.4. The topological polar surface area (TPSA) is 170 Å². The molecule has 0 amide bonds. The van der Waals surface area contributed by atoms with Crippen molar-refractivity contribution >= 4 is 13.4 Å². The minimum atomic E-state index is -4.50. The van der Waals surface area contributed by atoms with Gasteiger partial charge in [0.05, 0.1) is 11.9 Å². The molecule has 0 saturated heterocycles. The molecule has 174 valence electrons. The Morgan fingerprint density at radius 3 is 2.76 bits per heavy atom. The molecular weight excluding hydrogens is 456 g/mol. The van der Waals surface area contributed by atoms with Gasteiger partial charge in [-0.15, -0.1) is 0 Å². The summed E-state index contributed by atoms with van der Waals surface area (Å²) in [5.41, 5.74) is 7.65. The fourth-order valence-electron chi connectivity index (χ4n) is 2.63. The van der Waals surface area contributed by atoms with Crippen LogP contribution in [0, 0.1) is 5.82 Å². The van der Waals surface area contributed by atoms with E-state index in [1.807, 2.05) is 0 Å². The fourth-order valence-corrected chi connectivity index (χ4v) is 2.91. The molecule has 1 aromatic carbocycles. The average molecular weight is 478 g/mol. The van der Waals surface area contributed by atoms with E-state index in [4.69, 9.17) is 24.8 Å². The van der Waals surface area contributed by atoms with Crippen LogP contribution in [0.2, 0.25) is 0 Å². The van der Waals surface area contributed by atoms with E-state index in [9.17, 15) is 8.96 Å². The van der Waals surface area contributed by atoms with Crippen LogP contribution in [0.5, 0.6) is 11.8 Å². The molecule has 0 unspecified atom stereocenters. The number of nitrogens with two attached hydrogens (primary N) is 2. The summed E-state index contributed by atoms with van der Waals surface area (Å²) >= 11 is 0. The molecule has 0 aliphatic rings. The number of quaternary nitrogens is 1. The van der Waals surface area contributed by atoms with Gasteiger partial charge in [0.2, 0.25) is 0 Å². The van der Waals surface area contributed by atoms with Gasteiger partial charge >= 0.3 is 13.8 Å². The molecule has 11 nitrogen and oxygen atoms in total. The molecule has 13 heteroatoms. The highest BCUT2D eigenvalue weighted by Gasteiger charge is 2.14. The minimum absolute atomic E-state index is 0.00827. The Labute approximate surface area is 188 Å². The van der Waals surface area contributed by atoms with E-state index < -0.39 is 13.6 Å².